The van der Waals surface area contributed by atoms with E-state index in [9.17, 15) is 0 Å². The van der Waals surface area contributed by atoms with Gasteiger partial charge in [0.25, 0.3) is 0 Å². The molecule has 0 aliphatic carbocycles. The van der Waals surface area contributed by atoms with Crippen LogP contribution in [0.15, 0.2) is 126 Å². The molecule has 0 saturated heterocycles. The zero-order valence-corrected chi connectivity index (χ0v) is 18.8. The Labute approximate surface area is 191 Å². The molecule has 0 amide bonds. The van der Waals surface area contributed by atoms with Crippen molar-refractivity contribution < 1.29 is 4.74 Å². The molecule has 0 fully saturated rings. The van der Waals surface area contributed by atoms with Crippen molar-refractivity contribution in [3.05, 3.63) is 132 Å². The zero-order valence-electron chi connectivity index (χ0n) is 17.9. The standard InChI is InChI=1S/C29H26NOP/c1-5-13-23(14-6-1)27-22-31-29(30-27)21-28(24-15-7-2-8-16-24)32(25-17-9-3-10-18-25)26-19-11-4-12-20-26/h1-20,27-28H,21-22H2/t27-,28-/m1/s1. The first-order valence-corrected chi connectivity index (χ1v) is 12.5. The van der Waals surface area contributed by atoms with Gasteiger partial charge in [-0.05, 0) is 29.7 Å². The van der Waals surface area contributed by atoms with Crippen molar-refractivity contribution in [2.24, 2.45) is 4.99 Å². The Kier molecular flexibility index (Phi) is 6.42. The molecule has 0 bridgehead atoms. The normalized spacial score (nSPS) is 16.4. The van der Waals surface area contributed by atoms with Crippen LogP contribution in [0.25, 0.3) is 0 Å². The van der Waals surface area contributed by atoms with E-state index in [0.717, 1.165) is 12.3 Å². The third-order valence-corrected chi connectivity index (χ3v) is 8.64. The van der Waals surface area contributed by atoms with Crippen molar-refractivity contribution in [3.8, 4) is 0 Å². The number of rotatable bonds is 7. The molecule has 0 aromatic heterocycles. The van der Waals surface area contributed by atoms with Crippen LogP contribution in [0.5, 0.6) is 0 Å². The average molecular weight is 436 g/mol. The van der Waals surface area contributed by atoms with Gasteiger partial charge in [-0.1, -0.05) is 121 Å². The Balaban J connectivity index is 1.53. The van der Waals surface area contributed by atoms with Crippen LogP contribution >= 0.6 is 7.92 Å². The Bertz CT molecular complexity index is 1110. The van der Waals surface area contributed by atoms with Gasteiger partial charge in [0.2, 0.25) is 0 Å². The molecule has 32 heavy (non-hydrogen) atoms. The van der Waals surface area contributed by atoms with Gasteiger partial charge in [0.1, 0.15) is 12.6 Å². The molecule has 1 aliphatic rings. The third kappa shape index (κ3) is 4.66. The topological polar surface area (TPSA) is 21.6 Å². The summed E-state index contributed by atoms with van der Waals surface area (Å²) in [5.41, 5.74) is 2.83. The minimum atomic E-state index is -0.636. The van der Waals surface area contributed by atoms with E-state index in [0.29, 0.717) is 6.61 Å². The molecule has 1 aliphatic heterocycles. The molecule has 0 spiro atoms. The van der Waals surface area contributed by atoms with Gasteiger partial charge in [0.05, 0.1) is 0 Å². The Hall–Kier alpha value is -3.22. The summed E-state index contributed by atoms with van der Waals surface area (Å²) >= 11 is 0. The van der Waals surface area contributed by atoms with Crippen LogP contribution in [0, 0.1) is 0 Å². The van der Waals surface area contributed by atoms with Crippen molar-refractivity contribution in [1.29, 1.82) is 0 Å². The number of ether oxygens (including phenoxy) is 1. The molecule has 5 rings (SSSR count). The fraction of sp³-hybridized carbons (Fsp3) is 0.138. The lowest BCUT2D eigenvalue weighted by Crippen LogP contribution is -2.19. The second-order valence-electron chi connectivity index (χ2n) is 7.93. The first-order chi connectivity index (χ1) is 15.9. The largest absolute Gasteiger partial charge is 0.478 e. The number of hydrogen-bond donors (Lipinski definition) is 0. The molecule has 4 aromatic carbocycles. The molecular formula is C29H26NOP. The van der Waals surface area contributed by atoms with Crippen LogP contribution in [-0.4, -0.2) is 12.5 Å². The molecule has 2 nitrogen and oxygen atoms in total. The monoisotopic (exact) mass is 435 g/mol. The van der Waals surface area contributed by atoms with E-state index >= 15 is 0 Å². The molecule has 158 valence electrons. The maximum absolute atomic E-state index is 6.15. The predicted molar refractivity (Wildman–Crippen MR) is 135 cm³/mol. The van der Waals surface area contributed by atoms with E-state index in [2.05, 4.69) is 115 Å². The lowest BCUT2D eigenvalue weighted by molar-refractivity contribution is 0.311. The number of hydrogen-bond acceptors (Lipinski definition) is 2. The van der Waals surface area contributed by atoms with Crippen molar-refractivity contribution in [1.82, 2.24) is 0 Å². The zero-order chi connectivity index (χ0) is 21.6. The Morgan fingerprint density at radius 2 is 1.19 bits per heavy atom. The predicted octanol–water partition coefficient (Wildman–Crippen LogP) is 6.42. The van der Waals surface area contributed by atoms with Crippen molar-refractivity contribution in [2.75, 3.05) is 6.61 Å². The Morgan fingerprint density at radius 1 is 0.688 bits per heavy atom. The molecule has 0 N–H and O–H groups in total. The van der Waals surface area contributed by atoms with Gasteiger partial charge in [-0.15, -0.1) is 0 Å². The highest BCUT2D eigenvalue weighted by Crippen LogP contribution is 2.52. The van der Waals surface area contributed by atoms with E-state index in [4.69, 9.17) is 9.73 Å². The molecular weight excluding hydrogens is 409 g/mol. The SMILES string of the molecule is c1ccc([C@@H](CC2=N[C@@H](c3ccccc3)CO2)P(c2ccccc2)c2ccccc2)cc1. The quantitative estimate of drug-likeness (QED) is 0.307. The van der Waals surface area contributed by atoms with Crippen LogP contribution in [0.4, 0.5) is 0 Å². The summed E-state index contributed by atoms with van der Waals surface area (Å²) in [7, 11) is -0.636. The summed E-state index contributed by atoms with van der Waals surface area (Å²) in [6, 6.07) is 43.2. The van der Waals surface area contributed by atoms with Crippen LogP contribution < -0.4 is 10.6 Å². The van der Waals surface area contributed by atoms with Gasteiger partial charge < -0.3 is 4.74 Å². The molecule has 0 radical (unpaired) electrons. The van der Waals surface area contributed by atoms with Crippen LogP contribution in [0.2, 0.25) is 0 Å². The van der Waals surface area contributed by atoms with Crippen LogP contribution in [0.3, 0.4) is 0 Å². The summed E-state index contributed by atoms with van der Waals surface area (Å²) in [6.45, 7) is 0.620. The number of nitrogens with zero attached hydrogens (tertiary/aromatic N) is 1. The maximum atomic E-state index is 6.15. The molecule has 1 heterocycles. The first kappa shape index (κ1) is 20.7. The van der Waals surface area contributed by atoms with Gasteiger partial charge in [0.15, 0.2) is 5.90 Å². The summed E-state index contributed by atoms with van der Waals surface area (Å²) in [4.78, 5) is 5.00. The van der Waals surface area contributed by atoms with E-state index < -0.39 is 7.92 Å². The lowest BCUT2D eigenvalue weighted by atomic mass is 10.1. The molecule has 2 atom stereocenters. The fourth-order valence-electron chi connectivity index (χ4n) is 4.27. The van der Waals surface area contributed by atoms with Gasteiger partial charge in [-0.2, -0.15) is 0 Å². The van der Waals surface area contributed by atoms with Gasteiger partial charge in [-0.3, -0.25) is 0 Å². The smallest absolute Gasteiger partial charge is 0.185 e. The van der Waals surface area contributed by atoms with Crippen LogP contribution in [-0.2, 0) is 4.74 Å². The van der Waals surface area contributed by atoms with E-state index in [1.165, 1.54) is 21.7 Å². The highest BCUT2D eigenvalue weighted by atomic mass is 31.1. The van der Waals surface area contributed by atoms with Gasteiger partial charge in [0, 0.05) is 12.1 Å². The van der Waals surface area contributed by atoms with Crippen molar-refractivity contribution >= 4 is 24.4 Å². The van der Waals surface area contributed by atoms with Crippen molar-refractivity contribution in [3.63, 3.8) is 0 Å². The van der Waals surface area contributed by atoms with E-state index in [1.807, 2.05) is 6.07 Å². The molecule has 3 heteroatoms. The second kappa shape index (κ2) is 9.94. The minimum absolute atomic E-state index is 0.0855. The summed E-state index contributed by atoms with van der Waals surface area (Å²) < 4.78 is 6.15. The van der Waals surface area contributed by atoms with Crippen molar-refractivity contribution in [2.45, 2.75) is 18.1 Å². The highest BCUT2D eigenvalue weighted by molar-refractivity contribution is 7.73. The summed E-state index contributed by atoms with van der Waals surface area (Å²) in [5.74, 6) is 0.868. The third-order valence-electron chi connectivity index (χ3n) is 5.82. The highest BCUT2D eigenvalue weighted by Gasteiger charge is 2.30. The second-order valence-corrected chi connectivity index (χ2v) is 10.3. The fourth-order valence-corrected chi connectivity index (χ4v) is 7.08. The maximum Gasteiger partial charge on any atom is 0.185 e. The summed E-state index contributed by atoms with van der Waals surface area (Å²) in [6.07, 6.45) is 0.794. The molecule has 0 saturated carbocycles. The van der Waals surface area contributed by atoms with Gasteiger partial charge in [-0.25, -0.2) is 4.99 Å². The summed E-state index contributed by atoms with van der Waals surface area (Å²) in [5, 5.41) is 2.75. The Morgan fingerprint density at radius 3 is 1.75 bits per heavy atom. The van der Waals surface area contributed by atoms with E-state index in [-0.39, 0.29) is 11.7 Å². The number of benzene rings is 4. The minimum Gasteiger partial charge on any atom is -0.478 e. The van der Waals surface area contributed by atoms with Crippen LogP contribution in [0.1, 0.15) is 29.2 Å². The molecule has 4 aromatic rings. The first-order valence-electron chi connectivity index (χ1n) is 11.1. The molecule has 0 unspecified atom stereocenters. The van der Waals surface area contributed by atoms with Gasteiger partial charge >= 0.3 is 0 Å². The number of aliphatic imine (C=N–C) groups is 1. The average Bonchev–Trinajstić information content (AvgIpc) is 3.35. The van der Waals surface area contributed by atoms with E-state index in [1.54, 1.807) is 0 Å². The lowest BCUT2D eigenvalue weighted by Gasteiger charge is -2.29.